The Morgan fingerprint density at radius 2 is 1.92 bits per heavy atom. The van der Waals surface area contributed by atoms with E-state index in [1.54, 1.807) is 18.2 Å². The number of aromatic nitrogens is 2. The number of halogens is 2. The Balaban J connectivity index is 1.29. The zero-order valence-electron chi connectivity index (χ0n) is 20.5. The molecule has 2 aromatic rings. The molecule has 4 heterocycles. The van der Waals surface area contributed by atoms with Gasteiger partial charge in [-0.3, -0.25) is 9.69 Å². The lowest BCUT2D eigenvalue weighted by atomic mass is 9.95. The highest BCUT2D eigenvalue weighted by Gasteiger charge is 2.39. The molecule has 1 aromatic carbocycles. The number of methoxy groups -OCH3 is 1. The summed E-state index contributed by atoms with van der Waals surface area (Å²) in [4.78, 5) is 26.9. The molecule has 11 heteroatoms. The molecule has 3 saturated heterocycles. The molecule has 9 nitrogen and oxygen atoms in total. The van der Waals surface area contributed by atoms with E-state index in [1.165, 1.54) is 7.11 Å². The molecule has 1 N–H and O–H groups in total. The Morgan fingerprint density at radius 3 is 2.67 bits per heavy atom. The normalized spacial score (nSPS) is 23.3. The van der Waals surface area contributed by atoms with E-state index >= 15 is 0 Å². The number of likely N-dealkylation sites (tertiary alicyclic amines) is 1. The highest BCUT2D eigenvalue weighted by molar-refractivity contribution is 6.42. The number of hydrogen-bond acceptors (Lipinski definition) is 8. The van der Waals surface area contributed by atoms with E-state index in [1.807, 2.05) is 11.8 Å². The number of benzene rings is 1. The Kier molecular flexibility index (Phi) is 7.83. The molecule has 194 valence electrons. The maximum atomic E-state index is 13.6. The molecule has 0 saturated carbocycles. The Labute approximate surface area is 221 Å². The van der Waals surface area contributed by atoms with Gasteiger partial charge in [-0.1, -0.05) is 23.2 Å². The number of nitrogens with one attached hydrogen (secondary N) is 1. The maximum absolute atomic E-state index is 13.6. The fraction of sp³-hybridized carbons (Fsp3) is 0.560. The minimum absolute atomic E-state index is 0.116. The van der Waals surface area contributed by atoms with Crippen molar-refractivity contribution < 1.29 is 19.0 Å². The molecule has 3 fully saturated rings. The van der Waals surface area contributed by atoms with Crippen molar-refractivity contribution in [3.05, 3.63) is 39.5 Å². The lowest BCUT2D eigenvalue weighted by molar-refractivity contribution is -0.148. The number of carbonyl (C=O) groups excluding carboxylic acids is 1. The van der Waals surface area contributed by atoms with Crippen LogP contribution >= 0.6 is 23.2 Å². The Bertz CT molecular complexity index is 1110. The molecule has 1 amide bonds. The zero-order chi connectivity index (χ0) is 25.2. The summed E-state index contributed by atoms with van der Waals surface area (Å²) in [6.45, 7) is 6.31. The standard InChI is InChI=1S/C25H31Cl2N5O4/c1-15-22(29-25(34-2)30-23(15)28-16-3-4-18(26)19(27)13-16)24(33)31-8-5-17(6-9-31)32-10-12-36-21-14-35-11-7-20(21)32/h3-4,13,17,20-21H,5-12,14H2,1-2H3,(H,28,29,30). The van der Waals surface area contributed by atoms with Gasteiger partial charge < -0.3 is 24.4 Å². The minimum Gasteiger partial charge on any atom is -0.467 e. The first kappa shape index (κ1) is 25.5. The summed E-state index contributed by atoms with van der Waals surface area (Å²) in [6.07, 6.45) is 3.00. The SMILES string of the molecule is COc1nc(Nc2ccc(Cl)c(Cl)c2)c(C)c(C(=O)N2CCC(N3CCOC4COCCC43)CC2)n1. The van der Waals surface area contributed by atoms with E-state index in [9.17, 15) is 4.79 Å². The molecule has 0 aliphatic carbocycles. The van der Waals surface area contributed by atoms with Gasteiger partial charge in [-0.25, -0.2) is 0 Å². The van der Waals surface area contributed by atoms with Gasteiger partial charge in [-0.05, 0) is 44.4 Å². The number of nitrogens with zero attached hydrogens (tertiary/aromatic N) is 4. The molecular formula is C25H31Cl2N5O4. The number of piperidine rings is 1. The first-order chi connectivity index (χ1) is 17.4. The van der Waals surface area contributed by atoms with E-state index in [2.05, 4.69) is 20.2 Å². The van der Waals surface area contributed by atoms with Crippen LogP contribution in [-0.4, -0.2) is 90.4 Å². The third-order valence-corrected chi connectivity index (χ3v) is 8.03. The largest absolute Gasteiger partial charge is 0.467 e. The van der Waals surface area contributed by atoms with Gasteiger partial charge in [-0.15, -0.1) is 0 Å². The summed E-state index contributed by atoms with van der Waals surface area (Å²) in [6, 6.07) is 6.18. The van der Waals surface area contributed by atoms with Crippen molar-refractivity contribution in [2.45, 2.75) is 44.4 Å². The number of fused-ring (bicyclic) bond motifs is 1. The van der Waals surface area contributed by atoms with Crippen LogP contribution in [0.2, 0.25) is 10.0 Å². The predicted octanol–water partition coefficient (Wildman–Crippen LogP) is 3.94. The minimum atomic E-state index is -0.116. The van der Waals surface area contributed by atoms with Crippen molar-refractivity contribution in [1.29, 1.82) is 0 Å². The van der Waals surface area contributed by atoms with Crippen molar-refractivity contribution >= 4 is 40.6 Å². The lowest BCUT2D eigenvalue weighted by Crippen LogP contribution is -2.60. The molecule has 36 heavy (non-hydrogen) atoms. The molecule has 1 aromatic heterocycles. The molecule has 2 atom stereocenters. The first-order valence-electron chi connectivity index (χ1n) is 12.3. The monoisotopic (exact) mass is 535 g/mol. The topological polar surface area (TPSA) is 89.1 Å². The second-order valence-corrected chi connectivity index (χ2v) is 10.2. The summed E-state index contributed by atoms with van der Waals surface area (Å²) in [7, 11) is 1.49. The van der Waals surface area contributed by atoms with Gasteiger partial charge in [-0.2, -0.15) is 9.97 Å². The number of carbonyl (C=O) groups is 1. The molecule has 0 bridgehead atoms. The van der Waals surface area contributed by atoms with Crippen LogP contribution in [0.1, 0.15) is 35.3 Å². The van der Waals surface area contributed by atoms with E-state index < -0.39 is 0 Å². The number of hydrogen-bond donors (Lipinski definition) is 1. The smallest absolute Gasteiger partial charge is 0.318 e. The van der Waals surface area contributed by atoms with Crippen LogP contribution in [0.15, 0.2) is 18.2 Å². The number of amides is 1. The van der Waals surface area contributed by atoms with E-state index in [4.69, 9.17) is 37.4 Å². The molecule has 2 unspecified atom stereocenters. The summed E-state index contributed by atoms with van der Waals surface area (Å²) >= 11 is 12.2. The first-order valence-corrected chi connectivity index (χ1v) is 13.1. The van der Waals surface area contributed by atoms with Crippen molar-refractivity contribution in [2.24, 2.45) is 0 Å². The van der Waals surface area contributed by atoms with Crippen LogP contribution in [0.4, 0.5) is 11.5 Å². The third-order valence-electron chi connectivity index (χ3n) is 7.29. The van der Waals surface area contributed by atoms with Gasteiger partial charge in [0.05, 0.1) is 36.5 Å². The Hall–Kier alpha value is -2.17. The van der Waals surface area contributed by atoms with Gasteiger partial charge in [0.2, 0.25) is 0 Å². The van der Waals surface area contributed by atoms with Crippen molar-refractivity contribution in [2.75, 3.05) is 51.9 Å². The summed E-state index contributed by atoms with van der Waals surface area (Å²) in [5.41, 5.74) is 1.68. The Morgan fingerprint density at radius 1 is 1.11 bits per heavy atom. The third kappa shape index (κ3) is 5.26. The van der Waals surface area contributed by atoms with Gasteiger partial charge in [0.25, 0.3) is 5.91 Å². The van der Waals surface area contributed by atoms with E-state index in [0.717, 1.165) is 39.0 Å². The fourth-order valence-electron chi connectivity index (χ4n) is 5.35. The molecule has 5 rings (SSSR count). The number of anilines is 2. The second-order valence-electron chi connectivity index (χ2n) is 9.39. The van der Waals surface area contributed by atoms with E-state index in [-0.39, 0.29) is 18.0 Å². The summed E-state index contributed by atoms with van der Waals surface area (Å²) < 4.78 is 16.9. The van der Waals surface area contributed by atoms with Crippen molar-refractivity contribution in [3.8, 4) is 6.01 Å². The predicted molar refractivity (Wildman–Crippen MR) is 138 cm³/mol. The number of morpholine rings is 1. The highest BCUT2D eigenvalue weighted by Crippen LogP contribution is 2.31. The second kappa shape index (κ2) is 11.1. The average Bonchev–Trinajstić information content (AvgIpc) is 2.91. The van der Waals surface area contributed by atoms with Crippen LogP contribution in [-0.2, 0) is 9.47 Å². The number of rotatable bonds is 5. The number of ether oxygens (including phenoxy) is 3. The van der Waals surface area contributed by atoms with Gasteiger partial charge in [0, 0.05) is 49.6 Å². The fourth-order valence-corrected chi connectivity index (χ4v) is 5.64. The maximum Gasteiger partial charge on any atom is 0.318 e. The lowest BCUT2D eigenvalue weighted by Gasteiger charge is -2.49. The van der Waals surface area contributed by atoms with E-state index in [0.29, 0.717) is 64.6 Å². The van der Waals surface area contributed by atoms with Crippen molar-refractivity contribution in [1.82, 2.24) is 19.8 Å². The molecule has 0 radical (unpaired) electrons. The van der Waals surface area contributed by atoms with Gasteiger partial charge in [0.1, 0.15) is 11.5 Å². The highest BCUT2D eigenvalue weighted by atomic mass is 35.5. The average molecular weight is 536 g/mol. The van der Waals surface area contributed by atoms with Gasteiger partial charge in [0.15, 0.2) is 0 Å². The summed E-state index contributed by atoms with van der Waals surface area (Å²) in [5, 5.41) is 4.10. The molecule has 3 aliphatic rings. The van der Waals surface area contributed by atoms with Crippen molar-refractivity contribution in [3.63, 3.8) is 0 Å². The zero-order valence-corrected chi connectivity index (χ0v) is 22.0. The molecular weight excluding hydrogens is 505 g/mol. The van der Waals surface area contributed by atoms with Crippen LogP contribution in [0.5, 0.6) is 6.01 Å². The van der Waals surface area contributed by atoms with Crippen LogP contribution in [0.3, 0.4) is 0 Å². The van der Waals surface area contributed by atoms with Crippen LogP contribution < -0.4 is 10.1 Å². The molecule has 0 spiro atoms. The van der Waals surface area contributed by atoms with Gasteiger partial charge >= 0.3 is 6.01 Å². The van der Waals surface area contributed by atoms with Crippen LogP contribution in [0, 0.1) is 6.92 Å². The van der Waals surface area contributed by atoms with Crippen LogP contribution in [0.25, 0.3) is 0 Å². The summed E-state index contributed by atoms with van der Waals surface area (Å²) in [5.74, 6) is 0.368. The quantitative estimate of drug-likeness (QED) is 0.615. The molecule has 3 aliphatic heterocycles.